The number of amides is 1. The molecule has 5 nitrogen and oxygen atoms in total. The highest BCUT2D eigenvalue weighted by Crippen LogP contribution is 2.26. The molecule has 0 aliphatic rings. The van der Waals surface area contributed by atoms with Gasteiger partial charge < -0.3 is 5.32 Å². The predicted octanol–water partition coefficient (Wildman–Crippen LogP) is 2.74. The molecule has 2 aromatic carbocycles. The topological polar surface area (TPSA) is 66.5 Å². The van der Waals surface area contributed by atoms with Crippen LogP contribution in [0.2, 0.25) is 0 Å². The first-order chi connectivity index (χ1) is 12.2. The highest BCUT2D eigenvalue weighted by Gasteiger charge is 2.20. The van der Waals surface area contributed by atoms with Gasteiger partial charge in [-0.3, -0.25) is 9.10 Å². The Morgan fingerprint density at radius 3 is 2.12 bits per heavy atom. The number of nitrogens with one attached hydrogen (secondary N) is 1. The zero-order chi connectivity index (χ0) is 19.3. The maximum absolute atomic E-state index is 12.3. The molecule has 26 heavy (non-hydrogen) atoms. The van der Waals surface area contributed by atoms with Gasteiger partial charge in [-0.2, -0.15) is 0 Å². The Kier molecular flexibility index (Phi) is 6.42. The Balaban J connectivity index is 2.05. The van der Waals surface area contributed by atoms with E-state index in [1.807, 2.05) is 63.2 Å². The minimum atomic E-state index is -3.44. The second-order valence-corrected chi connectivity index (χ2v) is 8.44. The summed E-state index contributed by atoms with van der Waals surface area (Å²) < 4.78 is 25.9. The predicted molar refractivity (Wildman–Crippen MR) is 106 cm³/mol. The first-order valence-corrected chi connectivity index (χ1v) is 10.4. The van der Waals surface area contributed by atoms with Gasteiger partial charge in [-0.15, -0.1) is 0 Å². The van der Waals surface area contributed by atoms with Crippen molar-refractivity contribution in [2.75, 3.05) is 23.7 Å². The quantitative estimate of drug-likeness (QED) is 0.810. The minimum absolute atomic E-state index is 0.116. The lowest BCUT2D eigenvalue weighted by atomic mass is 10.1. The number of anilines is 1. The van der Waals surface area contributed by atoms with Gasteiger partial charge in [-0.25, -0.2) is 8.42 Å². The number of para-hydroxylation sites is 1. The molecule has 0 aliphatic heterocycles. The molecule has 0 heterocycles. The van der Waals surface area contributed by atoms with E-state index in [1.54, 1.807) is 0 Å². The van der Waals surface area contributed by atoms with Crippen molar-refractivity contribution in [3.63, 3.8) is 0 Å². The molecule has 2 rings (SSSR count). The number of carbonyl (C=O) groups is 1. The molecule has 0 saturated carbocycles. The van der Waals surface area contributed by atoms with Crippen LogP contribution in [0.4, 0.5) is 5.69 Å². The maximum Gasteiger partial charge on any atom is 0.232 e. The Bertz CT molecular complexity index is 871. The van der Waals surface area contributed by atoms with E-state index in [4.69, 9.17) is 0 Å². The SMILES string of the molecule is Cc1ccccc1CC(=O)NCCN(c1c(C)cccc1C)S(C)(=O)=O. The largest absolute Gasteiger partial charge is 0.354 e. The minimum Gasteiger partial charge on any atom is -0.354 e. The van der Waals surface area contributed by atoms with Crippen LogP contribution in [0.5, 0.6) is 0 Å². The molecule has 140 valence electrons. The van der Waals surface area contributed by atoms with Crippen molar-refractivity contribution >= 4 is 21.6 Å². The van der Waals surface area contributed by atoms with E-state index in [-0.39, 0.29) is 25.4 Å². The lowest BCUT2D eigenvalue weighted by Crippen LogP contribution is -2.39. The monoisotopic (exact) mass is 374 g/mol. The second kappa shape index (κ2) is 8.36. The third kappa shape index (κ3) is 5.08. The van der Waals surface area contributed by atoms with Gasteiger partial charge >= 0.3 is 0 Å². The van der Waals surface area contributed by atoms with Gasteiger partial charge in [-0.05, 0) is 43.0 Å². The average molecular weight is 375 g/mol. The molecule has 1 amide bonds. The zero-order valence-corrected chi connectivity index (χ0v) is 16.6. The van der Waals surface area contributed by atoms with E-state index in [0.29, 0.717) is 5.69 Å². The summed E-state index contributed by atoms with van der Waals surface area (Å²) in [7, 11) is -3.44. The molecule has 0 bridgehead atoms. The second-order valence-electron chi connectivity index (χ2n) is 6.53. The summed E-state index contributed by atoms with van der Waals surface area (Å²) in [6.07, 6.45) is 1.48. The lowest BCUT2D eigenvalue weighted by Gasteiger charge is -2.26. The number of hydrogen-bond donors (Lipinski definition) is 1. The van der Waals surface area contributed by atoms with Crippen molar-refractivity contribution in [2.45, 2.75) is 27.2 Å². The Labute approximate surface area is 156 Å². The number of benzene rings is 2. The third-order valence-electron chi connectivity index (χ3n) is 4.34. The number of carbonyl (C=O) groups excluding carboxylic acids is 1. The van der Waals surface area contributed by atoms with Gasteiger partial charge in [0.15, 0.2) is 0 Å². The molecular formula is C20H26N2O3S. The van der Waals surface area contributed by atoms with Gasteiger partial charge in [0, 0.05) is 6.54 Å². The highest BCUT2D eigenvalue weighted by atomic mass is 32.2. The third-order valence-corrected chi connectivity index (χ3v) is 5.50. The Hall–Kier alpha value is -2.34. The van der Waals surface area contributed by atoms with Gasteiger partial charge in [0.25, 0.3) is 0 Å². The number of sulfonamides is 1. The fourth-order valence-electron chi connectivity index (χ4n) is 2.98. The number of nitrogens with zero attached hydrogens (tertiary/aromatic N) is 1. The molecule has 0 atom stereocenters. The van der Waals surface area contributed by atoms with Crippen molar-refractivity contribution in [1.82, 2.24) is 5.32 Å². The lowest BCUT2D eigenvalue weighted by molar-refractivity contribution is -0.120. The Morgan fingerprint density at radius 1 is 0.962 bits per heavy atom. The van der Waals surface area contributed by atoms with E-state index in [2.05, 4.69) is 5.32 Å². The summed E-state index contributed by atoms with van der Waals surface area (Å²) in [6.45, 7) is 6.19. The summed E-state index contributed by atoms with van der Waals surface area (Å²) in [5.41, 5.74) is 4.50. The van der Waals surface area contributed by atoms with Crippen LogP contribution in [0.25, 0.3) is 0 Å². The summed E-state index contributed by atoms with van der Waals surface area (Å²) in [5.74, 6) is -0.116. The molecule has 1 N–H and O–H groups in total. The van der Waals surface area contributed by atoms with Crippen molar-refractivity contribution in [3.8, 4) is 0 Å². The van der Waals surface area contributed by atoms with Crippen molar-refractivity contribution in [3.05, 3.63) is 64.7 Å². The van der Waals surface area contributed by atoms with Crippen LogP contribution < -0.4 is 9.62 Å². The summed E-state index contributed by atoms with van der Waals surface area (Å²) in [5, 5.41) is 2.82. The molecule has 6 heteroatoms. The summed E-state index contributed by atoms with van der Waals surface area (Å²) >= 11 is 0. The maximum atomic E-state index is 12.3. The molecular weight excluding hydrogens is 348 g/mol. The van der Waals surface area contributed by atoms with E-state index in [9.17, 15) is 13.2 Å². The number of aryl methyl sites for hydroxylation is 3. The molecule has 2 aromatic rings. The molecule has 0 saturated heterocycles. The van der Waals surface area contributed by atoms with Crippen LogP contribution in [0.15, 0.2) is 42.5 Å². The van der Waals surface area contributed by atoms with Gasteiger partial charge in [-0.1, -0.05) is 42.5 Å². The molecule has 0 spiro atoms. The van der Waals surface area contributed by atoms with E-state index in [0.717, 1.165) is 22.3 Å². The van der Waals surface area contributed by atoms with Crippen molar-refractivity contribution in [2.24, 2.45) is 0 Å². The Morgan fingerprint density at radius 2 is 1.54 bits per heavy atom. The van der Waals surface area contributed by atoms with Gasteiger partial charge in [0.05, 0.1) is 24.9 Å². The normalized spacial score (nSPS) is 11.2. The molecule has 0 aliphatic carbocycles. The molecule has 0 unspecified atom stereocenters. The van der Waals surface area contributed by atoms with Crippen molar-refractivity contribution in [1.29, 1.82) is 0 Å². The standard InChI is InChI=1S/C20H26N2O3S/c1-15-8-5-6-11-18(15)14-19(23)21-12-13-22(26(4,24)25)20-16(2)9-7-10-17(20)3/h5-11H,12-14H2,1-4H3,(H,21,23). The molecule has 0 aromatic heterocycles. The van der Waals surface area contributed by atoms with E-state index in [1.165, 1.54) is 10.6 Å². The average Bonchev–Trinajstić information content (AvgIpc) is 2.54. The highest BCUT2D eigenvalue weighted by molar-refractivity contribution is 7.92. The van der Waals surface area contributed by atoms with E-state index < -0.39 is 10.0 Å². The molecule has 0 radical (unpaired) electrons. The zero-order valence-electron chi connectivity index (χ0n) is 15.7. The number of hydrogen-bond acceptors (Lipinski definition) is 3. The smallest absolute Gasteiger partial charge is 0.232 e. The molecule has 0 fully saturated rings. The van der Waals surface area contributed by atoms with Gasteiger partial charge in [0.2, 0.25) is 15.9 Å². The number of rotatable bonds is 7. The van der Waals surface area contributed by atoms with Crippen LogP contribution in [0.3, 0.4) is 0 Å². The van der Waals surface area contributed by atoms with Crippen LogP contribution in [0.1, 0.15) is 22.3 Å². The van der Waals surface area contributed by atoms with E-state index >= 15 is 0 Å². The van der Waals surface area contributed by atoms with Crippen molar-refractivity contribution < 1.29 is 13.2 Å². The fourth-order valence-corrected chi connectivity index (χ4v) is 4.03. The summed E-state index contributed by atoms with van der Waals surface area (Å²) in [4.78, 5) is 12.2. The first-order valence-electron chi connectivity index (χ1n) is 8.55. The van der Waals surface area contributed by atoms with Crippen LogP contribution in [-0.4, -0.2) is 33.7 Å². The summed E-state index contributed by atoms with van der Waals surface area (Å²) in [6, 6.07) is 13.4. The van der Waals surface area contributed by atoms with Crippen LogP contribution in [-0.2, 0) is 21.2 Å². The fraction of sp³-hybridized carbons (Fsp3) is 0.350. The van der Waals surface area contributed by atoms with Crippen LogP contribution >= 0.6 is 0 Å². The van der Waals surface area contributed by atoms with Crippen LogP contribution in [0, 0.1) is 20.8 Å². The van der Waals surface area contributed by atoms with Gasteiger partial charge in [0.1, 0.15) is 0 Å². The first kappa shape index (κ1) is 20.0.